The smallest absolute Gasteiger partial charge is 0.408 e. The molecule has 0 heterocycles. The van der Waals surface area contributed by atoms with Gasteiger partial charge in [0.1, 0.15) is 12.1 Å². The van der Waals surface area contributed by atoms with Gasteiger partial charge < -0.3 is 15.8 Å². The number of nitrogens with one attached hydrogen (secondary N) is 1. The van der Waals surface area contributed by atoms with E-state index in [1.54, 1.807) is 0 Å². The molecule has 111 valence electrons. The molecule has 0 saturated heterocycles. The standard InChI is InChI=1S/C16H19N2O3/c17-14(19)16(9-12-6-7-13(16)8-12)18-15(20)21-10-11-4-2-1-3-5-11/h1-5,12H,6-10H2,(H2,17,19)(H,18,20). The molecular formula is C16H19N2O3. The van der Waals surface area contributed by atoms with Gasteiger partial charge in [-0.1, -0.05) is 30.3 Å². The third kappa shape index (κ3) is 2.60. The van der Waals surface area contributed by atoms with E-state index in [2.05, 4.69) is 5.32 Å². The summed E-state index contributed by atoms with van der Waals surface area (Å²) in [5, 5.41) is 2.72. The average Bonchev–Trinajstić information content (AvgIpc) is 3.07. The minimum atomic E-state index is -0.989. The van der Waals surface area contributed by atoms with Crippen LogP contribution < -0.4 is 11.1 Å². The van der Waals surface area contributed by atoms with Gasteiger partial charge in [0.25, 0.3) is 0 Å². The Balaban J connectivity index is 1.62. The molecule has 5 nitrogen and oxygen atoms in total. The third-order valence-corrected chi connectivity index (χ3v) is 4.54. The lowest BCUT2D eigenvalue weighted by Crippen LogP contribution is -2.60. The highest BCUT2D eigenvalue weighted by Crippen LogP contribution is 2.52. The van der Waals surface area contributed by atoms with Crippen LogP contribution in [0.2, 0.25) is 0 Å². The second-order valence-corrected chi connectivity index (χ2v) is 5.87. The summed E-state index contributed by atoms with van der Waals surface area (Å²) >= 11 is 0. The molecule has 3 rings (SSSR count). The Kier molecular flexibility index (Phi) is 3.57. The lowest BCUT2D eigenvalue weighted by atomic mass is 9.80. The van der Waals surface area contributed by atoms with Crippen LogP contribution in [-0.2, 0) is 16.1 Å². The number of fused-ring (bicyclic) bond motifs is 2. The second kappa shape index (κ2) is 5.39. The van der Waals surface area contributed by atoms with Crippen LogP contribution in [0.4, 0.5) is 4.79 Å². The highest BCUT2D eigenvalue weighted by molar-refractivity contribution is 5.92. The van der Waals surface area contributed by atoms with Gasteiger partial charge in [0.15, 0.2) is 0 Å². The number of benzene rings is 1. The van der Waals surface area contributed by atoms with Gasteiger partial charge in [-0.15, -0.1) is 0 Å². The number of hydrogen-bond acceptors (Lipinski definition) is 3. The molecule has 2 fully saturated rings. The molecular weight excluding hydrogens is 268 g/mol. The maximum atomic E-state index is 12.0. The molecule has 2 aliphatic carbocycles. The first-order valence-corrected chi connectivity index (χ1v) is 7.24. The van der Waals surface area contributed by atoms with E-state index in [-0.39, 0.29) is 6.61 Å². The summed E-state index contributed by atoms with van der Waals surface area (Å²) in [6, 6.07) is 9.42. The molecule has 1 radical (unpaired) electrons. The average molecular weight is 287 g/mol. The van der Waals surface area contributed by atoms with Crippen molar-refractivity contribution in [2.24, 2.45) is 11.7 Å². The fourth-order valence-electron chi connectivity index (χ4n) is 3.48. The zero-order chi connectivity index (χ0) is 14.9. The molecule has 3 N–H and O–H groups in total. The van der Waals surface area contributed by atoms with Crippen molar-refractivity contribution in [2.75, 3.05) is 0 Å². The van der Waals surface area contributed by atoms with Crippen molar-refractivity contribution in [3.05, 3.63) is 41.8 Å². The van der Waals surface area contributed by atoms with Gasteiger partial charge in [-0.3, -0.25) is 4.79 Å². The van der Waals surface area contributed by atoms with Crippen molar-refractivity contribution in [3.8, 4) is 0 Å². The van der Waals surface area contributed by atoms with Crippen LogP contribution in [0, 0.1) is 11.8 Å². The van der Waals surface area contributed by atoms with Crippen LogP contribution in [-0.4, -0.2) is 17.5 Å². The second-order valence-electron chi connectivity index (χ2n) is 5.87. The number of rotatable bonds is 4. The Morgan fingerprint density at radius 2 is 2.10 bits per heavy atom. The third-order valence-electron chi connectivity index (χ3n) is 4.54. The Bertz CT molecular complexity index is 546. The number of primary amides is 1. The maximum Gasteiger partial charge on any atom is 0.408 e. The van der Waals surface area contributed by atoms with E-state index in [1.807, 2.05) is 30.3 Å². The van der Waals surface area contributed by atoms with Crippen LogP contribution in [0.15, 0.2) is 30.3 Å². The SMILES string of the molecule is NC(=O)C1(NC(=O)OCc2ccccc2)CC2CC[C]1C2. The normalized spacial score (nSPS) is 27.5. The molecule has 2 unspecified atom stereocenters. The summed E-state index contributed by atoms with van der Waals surface area (Å²) in [7, 11) is 0. The van der Waals surface area contributed by atoms with Gasteiger partial charge in [0.2, 0.25) is 5.91 Å². The van der Waals surface area contributed by atoms with Crippen molar-refractivity contribution in [1.29, 1.82) is 0 Å². The summed E-state index contributed by atoms with van der Waals surface area (Å²) in [5.74, 6) is 1.04. The molecule has 2 atom stereocenters. The van der Waals surface area contributed by atoms with Crippen LogP contribution in [0.5, 0.6) is 0 Å². The van der Waals surface area contributed by atoms with Gasteiger partial charge in [-0.05, 0) is 37.2 Å². The maximum absolute atomic E-state index is 12.0. The lowest BCUT2D eigenvalue weighted by molar-refractivity contribution is -0.123. The zero-order valence-electron chi connectivity index (χ0n) is 11.8. The Morgan fingerprint density at radius 1 is 1.33 bits per heavy atom. The number of hydrogen-bond donors (Lipinski definition) is 2. The van der Waals surface area contributed by atoms with E-state index in [4.69, 9.17) is 10.5 Å². The molecule has 2 bridgehead atoms. The zero-order valence-corrected chi connectivity index (χ0v) is 11.8. The molecule has 2 aliphatic rings. The van der Waals surface area contributed by atoms with Gasteiger partial charge in [-0.2, -0.15) is 0 Å². The molecule has 0 aromatic heterocycles. The van der Waals surface area contributed by atoms with Gasteiger partial charge in [-0.25, -0.2) is 4.79 Å². The highest BCUT2D eigenvalue weighted by Gasteiger charge is 2.56. The van der Waals surface area contributed by atoms with Gasteiger partial charge in [0, 0.05) is 5.92 Å². The summed E-state index contributed by atoms with van der Waals surface area (Å²) in [6.07, 6.45) is 2.87. The predicted molar refractivity (Wildman–Crippen MR) is 76.9 cm³/mol. The van der Waals surface area contributed by atoms with Crippen LogP contribution in [0.1, 0.15) is 31.2 Å². The molecule has 2 saturated carbocycles. The summed E-state index contributed by atoms with van der Waals surface area (Å²) < 4.78 is 5.20. The number of ether oxygens (including phenoxy) is 1. The van der Waals surface area contributed by atoms with E-state index >= 15 is 0 Å². The largest absolute Gasteiger partial charge is 0.445 e. The van der Waals surface area contributed by atoms with E-state index in [0.29, 0.717) is 12.3 Å². The van der Waals surface area contributed by atoms with Crippen molar-refractivity contribution >= 4 is 12.0 Å². The number of carbonyl (C=O) groups is 2. The summed E-state index contributed by atoms with van der Waals surface area (Å²) in [5.41, 5.74) is 5.46. The van der Waals surface area contributed by atoms with Crippen molar-refractivity contribution < 1.29 is 14.3 Å². The molecule has 0 spiro atoms. The van der Waals surface area contributed by atoms with E-state index in [1.165, 1.54) is 0 Å². The van der Waals surface area contributed by atoms with Crippen molar-refractivity contribution in [1.82, 2.24) is 5.32 Å². The van der Waals surface area contributed by atoms with Gasteiger partial charge in [0.05, 0.1) is 0 Å². The van der Waals surface area contributed by atoms with E-state index in [9.17, 15) is 9.59 Å². The van der Waals surface area contributed by atoms with E-state index < -0.39 is 17.5 Å². The molecule has 2 amide bonds. The van der Waals surface area contributed by atoms with Crippen LogP contribution in [0.3, 0.4) is 0 Å². The molecule has 0 aliphatic heterocycles. The van der Waals surface area contributed by atoms with Crippen molar-refractivity contribution in [2.45, 2.75) is 37.8 Å². The number of carbonyl (C=O) groups excluding carboxylic acids is 2. The monoisotopic (exact) mass is 287 g/mol. The first-order chi connectivity index (χ1) is 10.1. The minimum Gasteiger partial charge on any atom is -0.445 e. The summed E-state index contributed by atoms with van der Waals surface area (Å²) in [4.78, 5) is 23.9. The Morgan fingerprint density at radius 3 is 2.67 bits per heavy atom. The Labute approximate surface area is 123 Å². The predicted octanol–water partition coefficient (Wildman–Crippen LogP) is 1.92. The van der Waals surface area contributed by atoms with Gasteiger partial charge >= 0.3 is 6.09 Å². The quantitative estimate of drug-likeness (QED) is 0.887. The number of amides is 2. The summed E-state index contributed by atoms with van der Waals surface area (Å²) in [6.45, 7) is 0.181. The van der Waals surface area contributed by atoms with E-state index in [0.717, 1.165) is 30.7 Å². The lowest BCUT2D eigenvalue weighted by Gasteiger charge is -2.34. The number of nitrogens with two attached hydrogens (primary N) is 1. The number of alkyl carbamates (subject to hydrolysis) is 1. The van der Waals surface area contributed by atoms with Crippen molar-refractivity contribution in [3.63, 3.8) is 0 Å². The molecule has 5 heteroatoms. The fourth-order valence-corrected chi connectivity index (χ4v) is 3.48. The topological polar surface area (TPSA) is 81.4 Å². The first kappa shape index (κ1) is 13.9. The van der Waals surface area contributed by atoms with Crippen LogP contribution >= 0.6 is 0 Å². The fraction of sp³-hybridized carbons (Fsp3) is 0.438. The highest BCUT2D eigenvalue weighted by atomic mass is 16.5. The molecule has 1 aromatic rings. The first-order valence-electron chi connectivity index (χ1n) is 7.24. The minimum absolute atomic E-state index is 0.181. The van der Waals surface area contributed by atoms with Crippen LogP contribution in [0.25, 0.3) is 0 Å². The molecule has 1 aromatic carbocycles. The Hall–Kier alpha value is -2.04. The molecule has 21 heavy (non-hydrogen) atoms.